The van der Waals surface area contributed by atoms with Crippen LogP contribution in [-0.4, -0.2) is 62.2 Å². The summed E-state index contributed by atoms with van der Waals surface area (Å²) in [6, 6.07) is 6.50. The predicted octanol–water partition coefficient (Wildman–Crippen LogP) is 2.00. The molecule has 1 heterocycles. The van der Waals surface area contributed by atoms with Gasteiger partial charge in [0.15, 0.2) is 0 Å². The molecule has 1 aliphatic heterocycles. The van der Waals surface area contributed by atoms with Gasteiger partial charge in [0.1, 0.15) is 6.61 Å². The number of piperazine rings is 1. The molecular weight excluding hydrogens is 296 g/mol. The van der Waals surface area contributed by atoms with Crippen molar-refractivity contribution in [3.8, 4) is 0 Å². The lowest BCUT2D eigenvalue weighted by Gasteiger charge is -2.36. The Bertz CT molecular complexity index is 477. The van der Waals surface area contributed by atoms with Crippen LogP contribution >= 0.6 is 0 Å². The third-order valence-electron chi connectivity index (χ3n) is 3.59. The highest BCUT2D eigenvalue weighted by molar-refractivity contribution is 5.51. The van der Waals surface area contributed by atoms with Crippen LogP contribution in [0, 0.1) is 10.1 Å². The Morgan fingerprint density at radius 1 is 1.18 bits per heavy atom. The number of halogens is 2. The van der Waals surface area contributed by atoms with E-state index < -0.39 is 18.0 Å². The van der Waals surface area contributed by atoms with Crippen LogP contribution < -0.4 is 4.90 Å². The molecule has 0 saturated carbocycles. The van der Waals surface area contributed by atoms with Gasteiger partial charge in [0, 0.05) is 50.5 Å². The van der Waals surface area contributed by atoms with E-state index in [1.165, 1.54) is 12.1 Å². The van der Waals surface area contributed by atoms with Crippen molar-refractivity contribution in [3.05, 3.63) is 34.4 Å². The number of non-ortho nitro benzene ring substituents is 1. The normalized spacial score (nSPS) is 16.2. The van der Waals surface area contributed by atoms with Gasteiger partial charge in [-0.05, 0) is 12.1 Å². The fourth-order valence-corrected chi connectivity index (χ4v) is 2.38. The van der Waals surface area contributed by atoms with E-state index >= 15 is 0 Å². The van der Waals surface area contributed by atoms with Crippen LogP contribution in [-0.2, 0) is 4.74 Å². The van der Waals surface area contributed by atoms with Gasteiger partial charge in [-0.25, -0.2) is 8.78 Å². The van der Waals surface area contributed by atoms with Gasteiger partial charge in [0.2, 0.25) is 0 Å². The maximum Gasteiger partial charge on any atom is 0.269 e. The average Bonchev–Trinajstić information content (AvgIpc) is 2.52. The largest absolute Gasteiger partial charge is 0.374 e. The van der Waals surface area contributed by atoms with Crippen molar-refractivity contribution < 1.29 is 18.4 Å². The molecule has 0 N–H and O–H groups in total. The molecular formula is C14H19F2N3O3. The molecule has 0 spiro atoms. The number of nitrogens with zero attached hydrogens (tertiary/aromatic N) is 3. The quantitative estimate of drug-likeness (QED) is 0.437. The highest BCUT2D eigenvalue weighted by Gasteiger charge is 2.17. The second kappa shape index (κ2) is 8.00. The summed E-state index contributed by atoms with van der Waals surface area (Å²) in [7, 11) is 0. The highest BCUT2D eigenvalue weighted by Crippen LogP contribution is 2.20. The summed E-state index contributed by atoms with van der Waals surface area (Å²) in [6.45, 7) is 3.66. The zero-order chi connectivity index (χ0) is 15.9. The number of benzene rings is 1. The van der Waals surface area contributed by atoms with E-state index in [0.29, 0.717) is 13.2 Å². The Labute approximate surface area is 127 Å². The predicted molar refractivity (Wildman–Crippen MR) is 78.6 cm³/mol. The molecule has 1 aromatic carbocycles. The van der Waals surface area contributed by atoms with E-state index in [0.717, 1.165) is 31.9 Å². The minimum atomic E-state index is -2.42. The minimum absolute atomic E-state index is 0.0820. The molecule has 6 nitrogen and oxygen atoms in total. The first-order chi connectivity index (χ1) is 10.6. The van der Waals surface area contributed by atoms with Crippen LogP contribution in [0.2, 0.25) is 0 Å². The fourth-order valence-electron chi connectivity index (χ4n) is 2.38. The number of nitro benzene ring substituents is 1. The Kier molecular flexibility index (Phi) is 6.02. The number of alkyl halides is 2. The molecule has 0 radical (unpaired) electrons. The molecule has 0 aromatic heterocycles. The van der Waals surface area contributed by atoms with Crippen LogP contribution in [0.4, 0.5) is 20.2 Å². The van der Waals surface area contributed by atoms with Gasteiger partial charge in [-0.2, -0.15) is 0 Å². The lowest BCUT2D eigenvalue weighted by atomic mass is 10.2. The maximum absolute atomic E-state index is 11.9. The number of ether oxygens (including phenoxy) is 1. The molecule has 0 aliphatic carbocycles. The second-order valence-corrected chi connectivity index (χ2v) is 5.07. The number of hydrogen-bond acceptors (Lipinski definition) is 5. The van der Waals surface area contributed by atoms with Gasteiger partial charge in [-0.3, -0.25) is 15.0 Å². The molecule has 1 aliphatic rings. The first-order valence-corrected chi connectivity index (χ1v) is 7.14. The van der Waals surface area contributed by atoms with Crippen LogP contribution in [0.25, 0.3) is 0 Å². The van der Waals surface area contributed by atoms with Crippen LogP contribution in [0.5, 0.6) is 0 Å². The zero-order valence-corrected chi connectivity index (χ0v) is 12.2. The molecule has 1 fully saturated rings. The number of anilines is 1. The van der Waals surface area contributed by atoms with Crippen LogP contribution in [0.3, 0.4) is 0 Å². The summed E-state index contributed by atoms with van der Waals surface area (Å²) in [4.78, 5) is 14.5. The van der Waals surface area contributed by atoms with E-state index in [1.54, 1.807) is 12.1 Å². The summed E-state index contributed by atoms with van der Waals surface area (Å²) in [5.41, 5.74) is 1.04. The van der Waals surface area contributed by atoms with Gasteiger partial charge in [0.25, 0.3) is 12.1 Å². The minimum Gasteiger partial charge on any atom is -0.374 e. The molecule has 0 atom stereocenters. The second-order valence-electron chi connectivity index (χ2n) is 5.07. The third-order valence-corrected chi connectivity index (χ3v) is 3.59. The fraction of sp³-hybridized carbons (Fsp3) is 0.571. The van der Waals surface area contributed by atoms with Crippen molar-refractivity contribution in [2.24, 2.45) is 0 Å². The zero-order valence-electron chi connectivity index (χ0n) is 12.2. The summed E-state index contributed by atoms with van der Waals surface area (Å²) in [5.74, 6) is 0. The van der Waals surface area contributed by atoms with Crippen molar-refractivity contribution in [2.75, 3.05) is 50.8 Å². The van der Waals surface area contributed by atoms with Crippen molar-refractivity contribution in [2.45, 2.75) is 6.43 Å². The van der Waals surface area contributed by atoms with E-state index in [2.05, 4.69) is 9.80 Å². The lowest BCUT2D eigenvalue weighted by Crippen LogP contribution is -2.47. The Hall–Kier alpha value is -1.80. The molecule has 122 valence electrons. The molecule has 8 heteroatoms. The van der Waals surface area contributed by atoms with Crippen molar-refractivity contribution in [3.63, 3.8) is 0 Å². The maximum atomic E-state index is 11.9. The molecule has 0 amide bonds. The molecule has 2 rings (SSSR count). The van der Waals surface area contributed by atoms with Crippen LogP contribution in [0.1, 0.15) is 0 Å². The molecule has 1 aromatic rings. The standard InChI is InChI=1S/C14H19F2N3O3/c15-14(16)11-22-10-9-17-5-7-18(8-6-17)12-1-3-13(4-2-12)19(20)21/h1-4,14H,5-11H2. The highest BCUT2D eigenvalue weighted by atomic mass is 19.3. The summed E-state index contributed by atoms with van der Waals surface area (Å²) in [5, 5.41) is 10.6. The van der Waals surface area contributed by atoms with E-state index in [9.17, 15) is 18.9 Å². The van der Waals surface area contributed by atoms with Crippen molar-refractivity contribution in [1.29, 1.82) is 0 Å². The van der Waals surface area contributed by atoms with Gasteiger partial charge >= 0.3 is 0 Å². The summed E-state index contributed by atoms with van der Waals surface area (Å²) in [6.07, 6.45) is -2.42. The number of rotatable bonds is 7. The number of nitro groups is 1. The van der Waals surface area contributed by atoms with Crippen molar-refractivity contribution >= 4 is 11.4 Å². The van der Waals surface area contributed by atoms with E-state index in [4.69, 9.17) is 4.74 Å². The van der Waals surface area contributed by atoms with Crippen molar-refractivity contribution in [1.82, 2.24) is 4.90 Å². The SMILES string of the molecule is O=[N+]([O-])c1ccc(N2CCN(CCOCC(F)F)CC2)cc1. The van der Waals surface area contributed by atoms with E-state index in [1.807, 2.05) is 0 Å². The lowest BCUT2D eigenvalue weighted by molar-refractivity contribution is -0.384. The Morgan fingerprint density at radius 2 is 1.82 bits per heavy atom. The molecule has 22 heavy (non-hydrogen) atoms. The number of hydrogen-bond donors (Lipinski definition) is 0. The smallest absolute Gasteiger partial charge is 0.269 e. The Morgan fingerprint density at radius 3 is 2.36 bits per heavy atom. The Balaban J connectivity index is 1.73. The monoisotopic (exact) mass is 315 g/mol. The van der Waals surface area contributed by atoms with Gasteiger partial charge in [-0.1, -0.05) is 0 Å². The third kappa shape index (κ3) is 4.88. The average molecular weight is 315 g/mol. The van der Waals surface area contributed by atoms with E-state index in [-0.39, 0.29) is 5.69 Å². The summed E-state index contributed by atoms with van der Waals surface area (Å²) >= 11 is 0. The molecule has 0 unspecified atom stereocenters. The first kappa shape index (κ1) is 16.6. The summed E-state index contributed by atoms with van der Waals surface area (Å²) < 4.78 is 28.7. The van der Waals surface area contributed by atoms with Gasteiger partial charge < -0.3 is 9.64 Å². The molecule has 0 bridgehead atoms. The topological polar surface area (TPSA) is 58.9 Å². The first-order valence-electron chi connectivity index (χ1n) is 7.14. The van der Waals surface area contributed by atoms with Gasteiger partial charge in [0.05, 0.1) is 11.5 Å². The molecule has 1 saturated heterocycles. The van der Waals surface area contributed by atoms with Crippen LogP contribution in [0.15, 0.2) is 24.3 Å². The van der Waals surface area contributed by atoms with Gasteiger partial charge in [-0.15, -0.1) is 0 Å².